The predicted octanol–water partition coefficient (Wildman–Crippen LogP) is 2.34. The van der Waals surface area contributed by atoms with Gasteiger partial charge >= 0.3 is 12.1 Å². The van der Waals surface area contributed by atoms with Gasteiger partial charge < -0.3 is 14.0 Å². The minimum absolute atomic E-state index is 0.0529. The van der Waals surface area contributed by atoms with Crippen molar-refractivity contribution in [3.63, 3.8) is 0 Å². The van der Waals surface area contributed by atoms with Gasteiger partial charge in [-0.3, -0.25) is 4.79 Å². The highest BCUT2D eigenvalue weighted by molar-refractivity contribution is 7.60. The molecule has 0 radical (unpaired) electrons. The van der Waals surface area contributed by atoms with Gasteiger partial charge in [-0.15, -0.1) is 0 Å². The summed E-state index contributed by atoms with van der Waals surface area (Å²) >= 11 is 0. The lowest BCUT2D eigenvalue weighted by atomic mass is 10.2. The molecule has 0 aromatic heterocycles. The number of rotatable bonds is 5. The zero-order chi connectivity index (χ0) is 15.2. The van der Waals surface area contributed by atoms with Crippen LogP contribution in [0.15, 0.2) is 30.3 Å². The number of amides is 1. The molecule has 1 amide bonds. The van der Waals surface area contributed by atoms with Crippen LogP contribution in [0.5, 0.6) is 0 Å². The van der Waals surface area contributed by atoms with Crippen molar-refractivity contribution in [2.45, 2.75) is 6.61 Å². The largest absolute Gasteiger partial charge is 0.468 e. The fourth-order valence-electron chi connectivity index (χ4n) is 1.41. The van der Waals surface area contributed by atoms with Gasteiger partial charge in [0.05, 0.1) is 7.11 Å². The second-order valence-electron chi connectivity index (χ2n) is 4.47. The van der Waals surface area contributed by atoms with Crippen molar-refractivity contribution >= 4 is 19.4 Å². The van der Waals surface area contributed by atoms with Gasteiger partial charge in [-0.05, 0) is 5.56 Å². The molecule has 0 unspecified atom stereocenters. The number of carbonyl (C=O) groups is 2. The third-order valence-electron chi connectivity index (χ3n) is 2.50. The maximum Gasteiger partial charge on any atom is 0.416 e. The van der Waals surface area contributed by atoms with E-state index >= 15 is 0 Å². The zero-order valence-corrected chi connectivity index (χ0v) is 12.6. The van der Waals surface area contributed by atoms with Crippen LogP contribution in [0.2, 0.25) is 0 Å². The Balaban J connectivity index is 2.69. The molecule has 6 nitrogen and oxygen atoms in total. The average Bonchev–Trinajstić information content (AvgIpc) is 2.41. The molecule has 20 heavy (non-hydrogen) atoms. The van der Waals surface area contributed by atoms with Crippen LogP contribution < -0.4 is 0 Å². The second kappa shape index (κ2) is 7.10. The number of esters is 1. The molecule has 0 aliphatic carbocycles. The van der Waals surface area contributed by atoms with Crippen LogP contribution in [0, 0.1) is 0 Å². The molecule has 1 aromatic carbocycles. The van der Waals surface area contributed by atoms with Crippen LogP contribution in [-0.4, -0.2) is 43.7 Å². The first-order chi connectivity index (χ1) is 9.34. The fourth-order valence-corrected chi connectivity index (χ4v) is 2.32. The van der Waals surface area contributed by atoms with Crippen LogP contribution in [0.4, 0.5) is 4.79 Å². The summed E-state index contributed by atoms with van der Waals surface area (Å²) in [5.41, 5.74) is 0.806. The first-order valence-electron chi connectivity index (χ1n) is 5.95. The number of benzene rings is 1. The van der Waals surface area contributed by atoms with Gasteiger partial charge in [0.25, 0.3) is 0 Å². The molecule has 0 spiro atoms. The van der Waals surface area contributed by atoms with Crippen molar-refractivity contribution in [2.24, 2.45) is 0 Å². The summed E-state index contributed by atoms with van der Waals surface area (Å²) < 4.78 is 22.5. The fraction of sp³-hybridized carbons (Fsp3) is 0.385. The second-order valence-corrected chi connectivity index (χ2v) is 7.54. The lowest BCUT2D eigenvalue weighted by molar-refractivity contribution is -0.140. The van der Waals surface area contributed by atoms with E-state index in [0.717, 1.165) is 10.2 Å². The summed E-state index contributed by atoms with van der Waals surface area (Å²) in [4.78, 5) is 23.2. The van der Waals surface area contributed by atoms with E-state index in [4.69, 9.17) is 4.74 Å². The highest BCUT2D eigenvalue weighted by Crippen LogP contribution is 2.41. The van der Waals surface area contributed by atoms with E-state index < -0.39 is 25.9 Å². The molecule has 1 rings (SSSR count). The lowest BCUT2D eigenvalue weighted by Gasteiger charge is -2.24. The van der Waals surface area contributed by atoms with Gasteiger partial charge in [0.2, 0.25) is 0 Å². The standard InChI is InChI=1S/C13H18NO5P/c1-18-12(15)9-14(20(2,3)17)13(16)19-10-11-7-5-4-6-8-11/h4-8H,9-10H2,1-3H3. The summed E-state index contributed by atoms with van der Waals surface area (Å²) in [5, 5.41) is 0. The van der Waals surface area contributed by atoms with E-state index in [1.807, 2.05) is 18.2 Å². The molecule has 0 fully saturated rings. The van der Waals surface area contributed by atoms with Crippen LogP contribution in [0.3, 0.4) is 0 Å². The summed E-state index contributed by atoms with van der Waals surface area (Å²) in [6, 6.07) is 9.09. The smallest absolute Gasteiger partial charge is 0.416 e. The molecular formula is C13H18NO5P. The maximum atomic E-state index is 12.0. The van der Waals surface area contributed by atoms with Crippen molar-refractivity contribution in [1.82, 2.24) is 4.67 Å². The quantitative estimate of drug-likeness (QED) is 0.616. The molecule has 0 saturated carbocycles. The normalized spacial score (nSPS) is 10.8. The molecule has 7 heteroatoms. The van der Waals surface area contributed by atoms with Crippen molar-refractivity contribution in [3.05, 3.63) is 35.9 Å². The lowest BCUT2D eigenvalue weighted by Crippen LogP contribution is -2.33. The van der Waals surface area contributed by atoms with E-state index in [9.17, 15) is 14.2 Å². The molecular weight excluding hydrogens is 281 g/mol. The Hall–Kier alpha value is -1.81. The topological polar surface area (TPSA) is 72.9 Å². The van der Waals surface area contributed by atoms with E-state index in [-0.39, 0.29) is 6.61 Å². The Bertz CT molecular complexity index is 511. The summed E-state index contributed by atoms with van der Waals surface area (Å²) in [7, 11) is -1.76. The van der Waals surface area contributed by atoms with Gasteiger partial charge in [-0.2, -0.15) is 0 Å². The Morgan fingerprint density at radius 1 is 1.20 bits per heavy atom. The average molecular weight is 299 g/mol. The number of hydrogen-bond acceptors (Lipinski definition) is 5. The van der Waals surface area contributed by atoms with Gasteiger partial charge in [0.1, 0.15) is 13.2 Å². The Morgan fingerprint density at radius 3 is 2.30 bits per heavy atom. The molecule has 110 valence electrons. The number of ether oxygens (including phenoxy) is 2. The van der Waals surface area contributed by atoms with Crippen molar-refractivity contribution in [2.75, 3.05) is 27.0 Å². The number of methoxy groups -OCH3 is 1. The van der Waals surface area contributed by atoms with E-state index in [0.29, 0.717) is 0 Å². The number of carbonyl (C=O) groups excluding carboxylic acids is 2. The Kier molecular flexibility index (Phi) is 5.77. The van der Waals surface area contributed by atoms with Crippen molar-refractivity contribution < 1.29 is 23.6 Å². The zero-order valence-electron chi connectivity index (χ0n) is 11.7. The van der Waals surface area contributed by atoms with E-state index in [1.165, 1.54) is 20.4 Å². The Morgan fingerprint density at radius 2 is 1.80 bits per heavy atom. The first-order valence-corrected chi connectivity index (χ1v) is 8.50. The van der Waals surface area contributed by atoms with Crippen LogP contribution in [0.25, 0.3) is 0 Å². The monoisotopic (exact) mass is 299 g/mol. The molecule has 0 saturated heterocycles. The molecule has 0 heterocycles. The molecule has 0 atom stereocenters. The van der Waals surface area contributed by atoms with Gasteiger partial charge in [0.15, 0.2) is 7.29 Å². The highest BCUT2D eigenvalue weighted by atomic mass is 31.2. The SMILES string of the molecule is COC(=O)CN(C(=O)OCc1ccccc1)P(C)(C)=O. The highest BCUT2D eigenvalue weighted by Gasteiger charge is 2.29. The minimum Gasteiger partial charge on any atom is -0.468 e. The third kappa shape index (κ3) is 5.05. The van der Waals surface area contributed by atoms with Crippen molar-refractivity contribution in [1.29, 1.82) is 0 Å². The Labute approximate surface area is 118 Å². The van der Waals surface area contributed by atoms with Crippen LogP contribution >= 0.6 is 7.29 Å². The van der Waals surface area contributed by atoms with E-state index in [1.54, 1.807) is 12.1 Å². The van der Waals surface area contributed by atoms with Gasteiger partial charge in [-0.25, -0.2) is 9.46 Å². The van der Waals surface area contributed by atoms with Crippen LogP contribution in [-0.2, 0) is 25.4 Å². The van der Waals surface area contributed by atoms with Crippen LogP contribution in [0.1, 0.15) is 5.56 Å². The number of nitrogens with zero attached hydrogens (tertiary/aromatic N) is 1. The predicted molar refractivity (Wildman–Crippen MR) is 74.8 cm³/mol. The molecule has 1 aromatic rings. The summed E-state index contributed by atoms with van der Waals surface area (Å²) in [6.07, 6.45) is -0.799. The molecule has 0 bridgehead atoms. The van der Waals surface area contributed by atoms with Crippen molar-refractivity contribution in [3.8, 4) is 0 Å². The van der Waals surface area contributed by atoms with Gasteiger partial charge in [-0.1, -0.05) is 30.3 Å². The van der Waals surface area contributed by atoms with E-state index in [2.05, 4.69) is 4.74 Å². The maximum absolute atomic E-state index is 12.0. The molecule has 0 aliphatic heterocycles. The summed E-state index contributed by atoms with van der Waals surface area (Å²) in [6.45, 7) is 2.44. The third-order valence-corrected chi connectivity index (χ3v) is 3.97. The minimum atomic E-state index is -2.96. The first kappa shape index (κ1) is 16.2. The number of hydrogen-bond donors (Lipinski definition) is 0. The molecule has 0 N–H and O–H groups in total. The van der Waals surface area contributed by atoms with Gasteiger partial charge in [0, 0.05) is 13.3 Å². The molecule has 0 aliphatic rings. The summed E-state index contributed by atoms with van der Waals surface area (Å²) in [5.74, 6) is -0.648.